The van der Waals surface area contributed by atoms with Gasteiger partial charge in [0, 0.05) is 7.11 Å². The van der Waals surface area contributed by atoms with Gasteiger partial charge in [-0.2, -0.15) is 0 Å². The molecule has 2 rings (SSSR count). The summed E-state index contributed by atoms with van der Waals surface area (Å²) in [5.74, 6) is 0.910. The van der Waals surface area contributed by atoms with E-state index in [-0.39, 0.29) is 0 Å². The fourth-order valence-corrected chi connectivity index (χ4v) is 3.49. The first-order valence-corrected chi connectivity index (χ1v) is 5.05. The van der Waals surface area contributed by atoms with Crippen molar-refractivity contribution in [1.82, 2.24) is 0 Å². The van der Waals surface area contributed by atoms with Gasteiger partial charge >= 0.3 is 0 Å². The molecule has 70 valence electrons. The normalized spacial score (nSPS) is 50.0. The predicted octanol–water partition coefficient (Wildman–Crippen LogP) is 2.85. The fourth-order valence-electron chi connectivity index (χ4n) is 3.49. The van der Waals surface area contributed by atoms with Crippen molar-refractivity contribution in [2.45, 2.75) is 46.1 Å². The molecule has 2 fully saturated rings. The number of methoxy groups -OCH3 is 1. The topological polar surface area (TPSA) is 9.23 Å². The third-order valence-electron chi connectivity index (χ3n) is 5.00. The van der Waals surface area contributed by atoms with Gasteiger partial charge in [0.1, 0.15) is 0 Å². The van der Waals surface area contributed by atoms with Crippen LogP contribution in [-0.2, 0) is 4.74 Å². The van der Waals surface area contributed by atoms with Gasteiger partial charge in [-0.25, -0.2) is 0 Å². The van der Waals surface area contributed by atoms with E-state index >= 15 is 0 Å². The summed E-state index contributed by atoms with van der Waals surface area (Å²) in [5, 5.41) is 0. The Bertz CT molecular complexity index is 197. The predicted molar refractivity (Wildman–Crippen MR) is 50.0 cm³/mol. The number of fused-ring (bicyclic) bond motifs is 2. The molecule has 1 heteroatoms. The highest BCUT2D eigenvalue weighted by Gasteiger charge is 2.61. The second-order valence-electron chi connectivity index (χ2n) is 5.33. The van der Waals surface area contributed by atoms with Crippen LogP contribution < -0.4 is 0 Å². The largest absolute Gasteiger partial charge is 0.381 e. The van der Waals surface area contributed by atoms with Gasteiger partial charge in [0.05, 0.1) is 6.10 Å². The van der Waals surface area contributed by atoms with Gasteiger partial charge in [-0.05, 0) is 36.0 Å². The van der Waals surface area contributed by atoms with Gasteiger partial charge in [-0.15, -0.1) is 0 Å². The molecular weight excluding hydrogens is 148 g/mol. The van der Waals surface area contributed by atoms with E-state index in [0.717, 1.165) is 5.92 Å². The van der Waals surface area contributed by atoms with Gasteiger partial charge in [0.25, 0.3) is 0 Å². The van der Waals surface area contributed by atoms with Crippen molar-refractivity contribution < 1.29 is 4.74 Å². The molecule has 0 amide bonds. The Morgan fingerprint density at radius 1 is 1.25 bits per heavy atom. The summed E-state index contributed by atoms with van der Waals surface area (Å²) in [6.45, 7) is 7.25. The first kappa shape index (κ1) is 8.55. The second-order valence-corrected chi connectivity index (χ2v) is 5.33. The van der Waals surface area contributed by atoms with Crippen LogP contribution in [0.3, 0.4) is 0 Å². The number of hydrogen-bond acceptors (Lipinski definition) is 1. The molecule has 1 unspecified atom stereocenters. The minimum absolute atomic E-state index is 0.451. The van der Waals surface area contributed by atoms with E-state index in [0.29, 0.717) is 16.9 Å². The highest BCUT2D eigenvalue weighted by atomic mass is 16.5. The molecule has 0 aliphatic heterocycles. The Morgan fingerprint density at radius 3 is 2.17 bits per heavy atom. The zero-order valence-electron chi connectivity index (χ0n) is 8.68. The molecule has 0 radical (unpaired) electrons. The van der Waals surface area contributed by atoms with Crippen LogP contribution in [0.4, 0.5) is 0 Å². The van der Waals surface area contributed by atoms with Crippen molar-refractivity contribution in [2.75, 3.05) is 7.11 Å². The molecule has 0 heterocycles. The molecule has 3 atom stereocenters. The van der Waals surface area contributed by atoms with Crippen molar-refractivity contribution in [3.05, 3.63) is 0 Å². The lowest BCUT2D eigenvalue weighted by molar-refractivity contribution is -0.0200. The summed E-state index contributed by atoms with van der Waals surface area (Å²) >= 11 is 0. The third kappa shape index (κ3) is 0.736. The lowest BCUT2D eigenvalue weighted by atomic mass is 9.70. The SMILES string of the molecule is COC1C[C@H]2CC[C@@]1(C)C2(C)C. The summed E-state index contributed by atoms with van der Waals surface area (Å²) in [7, 11) is 1.87. The van der Waals surface area contributed by atoms with Crippen molar-refractivity contribution in [1.29, 1.82) is 0 Å². The van der Waals surface area contributed by atoms with Gasteiger partial charge in [-0.1, -0.05) is 20.8 Å². The Balaban J connectivity index is 2.33. The number of hydrogen-bond donors (Lipinski definition) is 0. The van der Waals surface area contributed by atoms with Crippen molar-refractivity contribution in [3.63, 3.8) is 0 Å². The van der Waals surface area contributed by atoms with E-state index in [4.69, 9.17) is 4.74 Å². The molecule has 1 nitrogen and oxygen atoms in total. The van der Waals surface area contributed by atoms with E-state index in [1.54, 1.807) is 0 Å². The standard InChI is InChI=1S/C11H20O/c1-10(2)8-5-6-11(10,3)9(7-8)12-4/h8-9H,5-7H2,1-4H3/t8-,9?,11-/m1/s1. The zero-order chi connectivity index (χ0) is 8.98. The average molecular weight is 168 g/mol. The van der Waals surface area contributed by atoms with E-state index in [1.165, 1.54) is 19.3 Å². The molecule has 0 saturated heterocycles. The Labute approximate surface area is 75.5 Å². The summed E-state index contributed by atoms with van der Waals surface area (Å²) in [6, 6.07) is 0. The first-order chi connectivity index (χ1) is 5.52. The summed E-state index contributed by atoms with van der Waals surface area (Å²) in [6.07, 6.45) is 4.60. The van der Waals surface area contributed by atoms with Crippen LogP contribution in [0.1, 0.15) is 40.0 Å². The minimum atomic E-state index is 0.451. The molecule has 2 saturated carbocycles. The molecule has 2 aliphatic carbocycles. The maximum absolute atomic E-state index is 5.58. The molecule has 2 bridgehead atoms. The Hall–Kier alpha value is -0.0400. The van der Waals surface area contributed by atoms with E-state index < -0.39 is 0 Å². The van der Waals surface area contributed by atoms with Crippen molar-refractivity contribution in [2.24, 2.45) is 16.7 Å². The quantitative estimate of drug-likeness (QED) is 0.585. The fraction of sp³-hybridized carbons (Fsp3) is 1.00. The minimum Gasteiger partial charge on any atom is -0.381 e. The second kappa shape index (κ2) is 2.25. The van der Waals surface area contributed by atoms with Crippen LogP contribution in [0.5, 0.6) is 0 Å². The monoisotopic (exact) mass is 168 g/mol. The van der Waals surface area contributed by atoms with Crippen LogP contribution >= 0.6 is 0 Å². The third-order valence-corrected chi connectivity index (χ3v) is 5.00. The first-order valence-electron chi connectivity index (χ1n) is 5.05. The summed E-state index contributed by atoms with van der Waals surface area (Å²) in [5.41, 5.74) is 0.958. The van der Waals surface area contributed by atoms with E-state index in [9.17, 15) is 0 Å². The maximum Gasteiger partial charge on any atom is 0.0632 e. The summed E-state index contributed by atoms with van der Waals surface area (Å²) in [4.78, 5) is 0. The molecule has 0 N–H and O–H groups in total. The van der Waals surface area contributed by atoms with E-state index in [1.807, 2.05) is 7.11 Å². The van der Waals surface area contributed by atoms with Crippen molar-refractivity contribution in [3.8, 4) is 0 Å². The van der Waals surface area contributed by atoms with Crippen LogP contribution in [-0.4, -0.2) is 13.2 Å². The van der Waals surface area contributed by atoms with Gasteiger partial charge in [0.2, 0.25) is 0 Å². The van der Waals surface area contributed by atoms with E-state index in [2.05, 4.69) is 20.8 Å². The molecule has 0 spiro atoms. The smallest absolute Gasteiger partial charge is 0.0632 e. The molecule has 0 aromatic heterocycles. The highest BCUT2D eigenvalue weighted by molar-refractivity contribution is 5.10. The van der Waals surface area contributed by atoms with Crippen LogP contribution in [0.25, 0.3) is 0 Å². The molecule has 0 aromatic rings. The molecule has 0 aromatic carbocycles. The molecule has 12 heavy (non-hydrogen) atoms. The molecule has 2 aliphatic rings. The van der Waals surface area contributed by atoms with Crippen molar-refractivity contribution >= 4 is 0 Å². The van der Waals surface area contributed by atoms with Crippen LogP contribution in [0.15, 0.2) is 0 Å². The van der Waals surface area contributed by atoms with Gasteiger partial charge in [0.15, 0.2) is 0 Å². The lowest BCUT2D eigenvalue weighted by Crippen LogP contribution is -2.36. The van der Waals surface area contributed by atoms with Crippen LogP contribution in [0, 0.1) is 16.7 Å². The zero-order valence-corrected chi connectivity index (χ0v) is 8.68. The summed E-state index contributed by atoms with van der Waals surface area (Å²) < 4.78 is 5.58. The maximum atomic E-state index is 5.58. The Kier molecular flexibility index (Phi) is 1.61. The number of rotatable bonds is 1. The average Bonchev–Trinajstić information content (AvgIpc) is 2.34. The van der Waals surface area contributed by atoms with Gasteiger partial charge in [-0.3, -0.25) is 0 Å². The lowest BCUT2D eigenvalue weighted by Gasteiger charge is -2.38. The Morgan fingerprint density at radius 2 is 1.92 bits per heavy atom. The molecular formula is C11H20O. The number of ether oxygens (including phenoxy) is 1. The van der Waals surface area contributed by atoms with Gasteiger partial charge < -0.3 is 4.74 Å². The highest BCUT2D eigenvalue weighted by Crippen LogP contribution is 2.66. The van der Waals surface area contributed by atoms with Crippen LogP contribution in [0.2, 0.25) is 0 Å².